The molecule has 0 aliphatic heterocycles. The molecule has 3 aromatic rings. The zero-order valence-electron chi connectivity index (χ0n) is 13.1. The predicted octanol–water partition coefficient (Wildman–Crippen LogP) is 6.81. The average molecular weight is 440 g/mol. The van der Waals surface area contributed by atoms with Crippen molar-refractivity contribution >= 4 is 39.1 Å². The van der Waals surface area contributed by atoms with Crippen molar-refractivity contribution in [3.8, 4) is 28.3 Å². The highest BCUT2D eigenvalue weighted by Gasteiger charge is 2.17. The number of methoxy groups -OCH3 is 1. The van der Waals surface area contributed by atoms with E-state index < -0.39 is 5.82 Å². The molecule has 1 radical (unpaired) electrons. The van der Waals surface area contributed by atoms with E-state index >= 15 is 0 Å². The predicted molar refractivity (Wildman–Crippen MR) is 104 cm³/mol. The molecule has 2 aromatic carbocycles. The lowest BCUT2D eigenvalue weighted by atomic mass is 10.0. The number of rotatable bonds is 3. The van der Waals surface area contributed by atoms with E-state index in [0.717, 1.165) is 15.6 Å². The van der Waals surface area contributed by atoms with Gasteiger partial charge >= 0.3 is 0 Å². The van der Waals surface area contributed by atoms with Gasteiger partial charge in [-0.05, 0) is 28.9 Å². The Labute approximate surface area is 163 Å². The quantitative estimate of drug-likeness (QED) is 0.446. The van der Waals surface area contributed by atoms with Crippen molar-refractivity contribution in [2.24, 2.45) is 0 Å². The molecule has 0 spiro atoms. The minimum atomic E-state index is -0.510. The fraction of sp³-hybridized carbons (Fsp3) is 0.0526. The maximum absolute atomic E-state index is 14.1. The Morgan fingerprint density at radius 1 is 1.04 bits per heavy atom. The van der Waals surface area contributed by atoms with E-state index in [4.69, 9.17) is 27.9 Å². The van der Waals surface area contributed by atoms with Crippen LogP contribution in [-0.2, 0) is 0 Å². The third kappa shape index (κ3) is 3.39. The highest BCUT2D eigenvalue weighted by Crippen LogP contribution is 2.41. The third-order valence-corrected chi connectivity index (χ3v) is 5.45. The number of nitrogens with zero attached hydrogens (tertiary/aromatic N) is 1. The second-order valence-electron chi connectivity index (χ2n) is 5.25. The number of hydrogen-bond acceptors (Lipinski definition) is 2. The molecule has 127 valence electrons. The van der Waals surface area contributed by atoms with Gasteiger partial charge in [-0.2, -0.15) is 0 Å². The second kappa shape index (κ2) is 7.32. The molecule has 3 rings (SSSR count). The van der Waals surface area contributed by atoms with Gasteiger partial charge in [0.15, 0.2) is 0 Å². The average Bonchev–Trinajstić information content (AvgIpc) is 2.60. The first kappa shape index (κ1) is 18.2. The number of hydrogen-bond donors (Lipinski definition) is 0. The summed E-state index contributed by atoms with van der Waals surface area (Å²) in [6, 6.07) is 12.3. The summed E-state index contributed by atoms with van der Waals surface area (Å²) in [5.41, 5.74) is 2.54. The van der Waals surface area contributed by atoms with Crippen LogP contribution >= 0.6 is 39.1 Å². The van der Waals surface area contributed by atoms with Crippen LogP contribution in [0.3, 0.4) is 0 Å². The van der Waals surface area contributed by atoms with Gasteiger partial charge in [-0.3, -0.25) is 0 Å². The molecule has 0 fully saturated rings. The van der Waals surface area contributed by atoms with Gasteiger partial charge in [0.25, 0.3) is 0 Å². The first-order valence-corrected chi connectivity index (χ1v) is 8.78. The van der Waals surface area contributed by atoms with E-state index in [1.165, 1.54) is 13.2 Å². The number of pyridine rings is 1. The normalized spacial score (nSPS) is 10.8. The largest absolute Gasteiger partial charge is 0.481 e. The Morgan fingerprint density at radius 2 is 1.64 bits per heavy atom. The van der Waals surface area contributed by atoms with E-state index in [-0.39, 0.29) is 11.4 Å². The molecule has 0 unspecified atom stereocenters. The lowest BCUT2D eigenvalue weighted by molar-refractivity contribution is 0.392. The van der Waals surface area contributed by atoms with Gasteiger partial charge in [-0.1, -0.05) is 53.5 Å². The van der Waals surface area contributed by atoms with Crippen LogP contribution in [0.1, 0.15) is 5.56 Å². The second-order valence-corrected chi connectivity index (χ2v) is 6.86. The molecule has 25 heavy (non-hydrogen) atoms. The molecule has 1 aromatic heterocycles. The van der Waals surface area contributed by atoms with Crippen LogP contribution in [0.25, 0.3) is 22.4 Å². The Balaban J connectivity index is 2.21. The first-order valence-electron chi connectivity index (χ1n) is 7.23. The van der Waals surface area contributed by atoms with Gasteiger partial charge in [0.2, 0.25) is 5.88 Å². The van der Waals surface area contributed by atoms with Crippen LogP contribution in [0.2, 0.25) is 10.0 Å². The molecule has 0 aliphatic carbocycles. The summed E-state index contributed by atoms with van der Waals surface area (Å²) in [7, 11) is 1.42. The fourth-order valence-corrected chi connectivity index (χ4v) is 3.39. The summed E-state index contributed by atoms with van der Waals surface area (Å²) < 4.78 is 20.0. The zero-order chi connectivity index (χ0) is 18.1. The van der Waals surface area contributed by atoms with Crippen LogP contribution in [0.5, 0.6) is 5.88 Å². The maximum Gasteiger partial charge on any atom is 0.219 e. The van der Waals surface area contributed by atoms with Crippen LogP contribution in [-0.4, -0.2) is 12.1 Å². The van der Waals surface area contributed by atoms with Crippen molar-refractivity contribution in [3.05, 3.63) is 75.3 Å². The van der Waals surface area contributed by atoms with Crippen LogP contribution in [0.4, 0.5) is 4.39 Å². The van der Waals surface area contributed by atoms with E-state index in [1.54, 1.807) is 6.07 Å². The molecule has 0 saturated carbocycles. The monoisotopic (exact) mass is 438 g/mol. The molecule has 0 atom stereocenters. The van der Waals surface area contributed by atoms with Gasteiger partial charge < -0.3 is 4.74 Å². The highest BCUT2D eigenvalue weighted by molar-refractivity contribution is 9.10. The van der Waals surface area contributed by atoms with Crippen LogP contribution < -0.4 is 4.74 Å². The van der Waals surface area contributed by atoms with Crippen molar-refractivity contribution < 1.29 is 9.13 Å². The Morgan fingerprint density at radius 3 is 2.32 bits per heavy atom. The lowest BCUT2D eigenvalue weighted by Gasteiger charge is -2.13. The van der Waals surface area contributed by atoms with E-state index in [2.05, 4.69) is 27.8 Å². The summed E-state index contributed by atoms with van der Waals surface area (Å²) in [5, 5.41) is 0.972. The van der Waals surface area contributed by atoms with Crippen molar-refractivity contribution in [3.63, 3.8) is 0 Å². The molecule has 0 bridgehead atoms. The molecule has 1 heterocycles. The molecule has 2 nitrogen and oxygen atoms in total. The van der Waals surface area contributed by atoms with Crippen molar-refractivity contribution in [2.45, 2.75) is 0 Å². The minimum absolute atomic E-state index is 0.105. The molecule has 0 saturated heterocycles. The molecular formula is C19H12BrCl2FNO. The minimum Gasteiger partial charge on any atom is -0.481 e. The van der Waals surface area contributed by atoms with Gasteiger partial charge in [-0.15, -0.1) is 0 Å². The van der Waals surface area contributed by atoms with E-state index in [9.17, 15) is 4.39 Å². The number of ether oxygens (including phenoxy) is 1. The molecule has 6 heteroatoms. The van der Waals surface area contributed by atoms with Crippen molar-refractivity contribution in [1.29, 1.82) is 0 Å². The summed E-state index contributed by atoms with van der Waals surface area (Å²) in [6.45, 7) is 3.62. The Kier molecular flexibility index (Phi) is 5.32. The van der Waals surface area contributed by atoms with Crippen molar-refractivity contribution in [1.82, 2.24) is 4.98 Å². The van der Waals surface area contributed by atoms with Crippen LogP contribution in [0, 0.1) is 12.7 Å². The maximum atomic E-state index is 14.1. The first-order chi connectivity index (χ1) is 11.9. The van der Waals surface area contributed by atoms with Gasteiger partial charge in [0, 0.05) is 27.2 Å². The van der Waals surface area contributed by atoms with Gasteiger partial charge in [0.1, 0.15) is 5.82 Å². The van der Waals surface area contributed by atoms with Gasteiger partial charge in [0.05, 0.1) is 28.4 Å². The third-order valence-electron chi connectivity index (χ3n) is 3.74. The van der Waals surface area contributed by atoms with Crippen molar-refractivity contribution in [2.75, 3.05) is 7.11 Å². The number of aromatic nitrogens is 1. The smallest absolute Gasteiger partial charge is 0.219 e. The molecule has 0 N–H and O–H groups in total. The SMILES string of the molecule is [CH2]c1c(F)cc(-c2cccc(-c3cccc(Br)c3Cl)c2Cl)nc1OC. The summed E-state index contributed by atoms with van der Waals surface area (Å²) in [4.78, 5) is 4.31. The number of benzene rings is 2. The molecule has 0 aliphatic rings. The summed E-state index contributed by atoms with van der Waals surface area (Å²) in [6.07, 6.45) is 0. The molecular weight excluding hydrogens is 428 g/mol. The van der Waals surface area contributed by atoms with Crippen LogP contribution in [0.15, 0.2) is 46.9 Å². The topological polar surface area (TPSA) is 22.1 Å². The standard InChI is InChI=1S/C19H12BrCl2FNO/c1-10-15(23)9-16(24-19(10)25-2)13-7-3-5-11(17(13)21)12-6-4-8-14(20)18(12)22/h3-9H,1H2,2H3. The summed E-state index contributed by atoms with van der Waals surface area (Å²) in [5.74, 6) is -0.388. The Hall–Kier alpha value is -1.62. The zero-order valence-corrected chi connectivity index (χ0v) is 16.2. The fourth-order valence-electron chi connectivity index (χ4n) is 2.47. The lowest BCUT2D eigenvalue weighted by Crippen LogP contribution is -1.97. The van der Waals surface area contributed by atoms with Gasteiger partial charge in [-0.25, -0.2) is 9.37 Å². The summed E-state index contributed by atoms with van der Waals surface area (Å²) >= 11 is 16.4. The van der Waals surface area contributed by atoms with E-state index in [1.807, 2.05) is 30.3 Å². The Bertz CT molecular complexity index is 962. The number of halogens is 4. The molecule has 0 amide bonds. The van der Waals surface area contributed by atoms with E-state index in [0.29, 0.717) is 21.3 Å². The highest BCUT2D eigenvalue weighted by atomic mass is 79.9.